The van der Waals surface area contributed by atoms with Crippen LogP contribution in [-0.2, 0) is 0 Å². The van der Waals surface area contributed by atoms with E-state index < -0.39 is 0 Å². The van der Waals surface area contributed by atoms with Crippen LogP contribution in [0.5, 0.6) is 0 Å². The van der Waals surface area contributed by atoms with Crippen LogP contribution in [0.15, 0.2) is 29.6 Å². The maximum absolute atomic E-state index is 6.00. The van der Waals surface area contributed by atoms with E-state index in [1.165, 1.54) is 11.5 Å². The number of nitrogens with zero attached hydrogens (tertiary/aromatic N) is 1. The molecule has 0 saturated carbocycles. The van der Waals surface area contributed by atoms with Gasteiger partial charge in [0.25, 0.3) is 0 Å². The summed E-state index contributed by atoms with van der Waals surface area (Å²) in [5.74, 6) is 0. The van der Waals surface area contributed by atoms with Crippen LogP contribution in [0.25, 0.3) is 11.3 Å². The van der Waals surface area contributed by atoms with Crippen molar-refractivity contribution in [1.82, 2.24) is 4.37 Å². The van der Waals surface area contributed by atoms with Crippen LogP contribution in [0.1, 0.15) is 0 Å². The molecule has 0 aliphatic carbocycles. The van der Waals surface area contributed by atoms with Crippen molar-refractivity contribution in [3.8, 4) is 11.3 Å². The first kappa shape index (κ1) is 9.00. The first-order valence-electron chi connectivity index (χ1n) is 3.63. The van der Waals surface area contributed by atoms with E-state index in [1.54, 1.807) is 6.07 Å². The minimum atomic E-state index is 0.637. The predicted molar refractivity (Wildman–Crippen MR) is 57.6 cm³/mol. The van der Waals surface area contributed by atoms with E-state index in [4.69, 9.17) is 23.2 Å². The maximum atomic E-state index is 6.00. The van der Waals surface area contributed by atoms with Crippen molar-refractivity contribution in [3.05, 3.63) is 39.7 Å². The standard InChI is InChI=1S/C9H5Cl2NS/c10-6-1-2-7(8(11)5-6)9-3-4-13-12-9/h1-5H. The van der Waals surface area contributed by atoms with Crippen molar-refractivity contribution in [2.45, 2.75) is 0 Å². The molecule has 13 heavy (non-hydrogen) atoms. The lowest BCUT2D eigenvalue weighted by molar-refractivity contribution is 1.52. The Labute approximate surface area is 90.1 Å². The van der Waals surface area contributed by atoms with Crippen LogP contribution >= 0.6 is 34.7 Å². The van der Waals surface area contributed by atoms with Gasteiger partial charge in [-0.15, -0.1) is 0 Å². The molecule has 0 amide bonds. The lowest BCUT2D eigenvalue weighted by Crippen LogP contribution is -1.78. The zero-order valence-corrected chi connectivity index (χ0v) is 8.83. The van der Waals surface area contributed by atoms with E-state index in [0.29, 0.717) is 10.0 Å². The highest BCUT2D eigenvalue weighted by atomic mass is 35.5. The van der Waals surface area contributed by atoms with E-state index in [0.717, 1.165) is 11.3 Å². The monoisotopic (exact) mass is 229 g/mol. The van der Waals surface area contributed by atoms with Crippen LogP contribution in [0.2, 0.25) is 10.0 Å². The summed E-state index contributed by atoms with van der Waals surface area (Å²) in [4.78, 5) is 0. The highest BCUT2D eigenvalue weighted by molar-refractivity contribution is 7.03. The average Bonchev–Trinajstić information content (AvgIpc) is 2.56. The average molecular weight is 230 g/mol. The number of halogens is 2. The van der Waals surface area contributed by atoms with Crippen LogP contribution < -0.4 is 0 Å². The Bertz CT molecular complexity index is 412. The molecule has 0 radical (unpaired) electrons. The minimum absolute atomic E-state index is 0.637. The molecule has 0 N–H and O–H groups in total. The Balaban J connectivity index is 2.53. The van der Waals surface area contributed by atoms with E-state index in [1.807, 2.05) is 23.6 Å². The smallest absolute Gasteiger partial charge is 0.0855 e. The molecule has 0 fully saturated rings. The fourth-order valence-electron chi connectivity index (χ4n) is 1.05. The molecule has 0 aliphatic heterocycles. The summed E-state index contributed by atoms with van der Waals surface area (Å²) in [6.45, 7) is 0. The van der Waals surface area contributed by atoms with E-state index in [-0.39, 0.29) is 0 Å². The normalized spacial score (nSPS) is 10.3. The van der Waals surface area contributed by atoms with Gasteiger partial charge in [0.2, 0.25) is 0 Å². The molecule has 0 spiro atoms. The molecule has 1 aromatic heterocycles. The SMILES string of the molecule is Clc1ccc(-c2ccsn2)c(Cl)c1. The molecular weight excluding hydrogens is 225 g/mol. The molecule has 1 nitrogen and oxygen atoms in total. The maximum Gasteiger partial charge on any atom is 0.0855 e. The number of hydrogen-bond donors (Lipinski definition) is 0. The van der Waals surface area contributed by atoms with Gasteiger partial charge >= 0.3 is 0 Å². The quantitative estimate of drug-likeness (QED) is 0.718. The lowest BCUT2D eigenvalue weighted by Gasteiger charge is -1.99. The molecule has 0 atom stereocenters. The second-order valence-electron chi connectivity index (χ2n) is 2.51. The van der Waals surface area contributed by atoms with Crippen molar-refractivity contribution in [2.24, 2.45) is 0 Å². The Kier molecular flexibility index (Phi) is 2.54. The van der Waals surface area contributed by atoms with Crippen LogP contribution in [0.3, 0.4) is 0 Å². The number of hydrogen-bond acceptors (Lipinski definition) is 2. The Hall–Kier alpha value is -0.570. The number of benzene rings is 1. The molecule has 0 unspecified atom stereocenters. The Morgan fingerprint density at radius 3 is 2.62 bits per heavy atom. The molecule has 2 aromatic rings. The first-order chi connectivity index (χ1) is 6.27. The molecule has 0 aliphatic rings. The summed E-state index contributed by atoms with van der Waals surface area (Å²) in [7, 11) is 0. The predicted octanol–water partition coefficient (Wildman–Crippen LogP) is 4.12. The van der Waals surface area contributed by atoms with Gasteiger partial charge < -0.3 is 0 Å². The van der Waals surface area contributed by atoms with Crippen molar-refractivity contribution in [3.63, 3.8) is 0 Å². The summed E-state index contributed by atoms with van der Waals surface area (Å²) >= 11 is 13.2. The van der Waals surface area contributed by atoms with Gasteiger partial charge in [0.05, 0.1) is 10.7 Å². The summed E-state index contributed by atoms with van der Waals surface area (Å²) in [6.07, 6.45) is 0. The largest absolute Gasteiger partial charge is 0.193 e. The first-order valence-corrected chi connectivity index (χ1v) is 5.22. The van der Waals surface area contributed by atoms with Gasteiger partial charge in [0.1, 0.15) is 0 Å². The summed E-state index contributed by atoms with van der Waals surface area (Å²) < 4.78 is 4.19. The lowest BCUT2D eigenvalue weighted by atomic mass is 10.1. The molecule has 0 bridgehead atoms. The fourth-order valence-corrected chi connectivity index (χ4v) is 2.08. The molecule has 4 heteroatoms. The zero-order chi connectivity index (χ0) is 9.26. The van der Waals surface area contributed by atoms with E-state index in [2.05, 4.69) is 4.37 Å². The van der Waals surface area contributed by atoms with Crippen LogP contribution in [0.4, 0.5) is 0 Å². The second-order valence-corrected chi connectivity index (χ2v) is 4.02. The third kappa shape index (κ3) is 1.85. The molecule has 0 saturated heterocycles. The number of aromatic nitrogens is 1. The highest BCUT2D eigenvalue weighted by Crippen LogP contribution is 2.29. The van der Waals surface area contributed by atoms with Gasteiger partial charge in [-0.3, -0.25) is 0 Å². The van der Waals surface area contributed by atoms with Crippen molar-refractivity contribution in [2.75, 3.05) is 0 Å². The van der Waals surface area contributed by atoms with E-state index in [9.17, 15) is 0 Å². The van der Waals surface area contributed by atoms with Gasteiger partial charge in [-0.1, -0.05) is 23.2 Å². The molecule has 66 valence electrons. The Morgan fingerprint density at radius 2 is 2.00 bits per heavy atom. The van der Waals surface area contributed by atoms with Crippen LogP contribution in [-0.4, -0.2) is 4.37 Å². The Morgan fingerprint density at radius 1 is 1.15 bits per heavy atom. The van der Waals surface area contributed by atoms with Crippen molar-refractivity contribution in [1.29, 1.82) is 0 Å². The fraction of sp³-hybridized carbons (Fsp3) is 0. The van der Waals surface area contributed by atoms with Gasteiger partial charge in [0, 0.05) is 16.0 Å². The third-order valence-corrected chi connectivity index (χ3v) is 2.75. The third-order valence-electron chi connectivity index (χ3n) is 1.64. The summed E-state index contributed by atoms with van der Waals surface area (Å²) in [6, 6.07) is 7.33. The molecule has 1 aromatic carbocycles. The van der Waals surface area contributed by atoms with Crippen molar-refractivity contribution >= 4 is 34.7 Å². The van der Waals surface area contributed by atoms with Gasteiger partial charge in [0.15, 0.2) is 0 Å². The highest BCUT2D eigenvalue weighted by Gasteiger charge is 2.04. The summed E-state index contributed by atoms with van der Waals surface area (Å²) in [5, 5.41) is 3.20. The summed E-state index contributed by atoms with van der Waals surface area (Å²) in [5.41, 5.74) is 1.82. The van der Waals surface area contributed by atoms with Gasteiger partial charge in [-0.05, 0) is 35.8 Å². The second kappa shape index (κ2) is 3.66. The van der Waals surface area contributed by atoms with Crippen LogP contribution in [0, 0.1) is 0 Å². The topological polar surface area (TPSA) is 12.9 Å². The minimum Gasteiger partial charge on any atom is -0.193 e. The molecule has 2 rings (SSSR count). The van der Waals surface area contributed by atoms with Gasteiger partial charge in [-0.2, -0.15) is 4.37 Å². The molecule has 1 heterocycles. The van der Waals surface area contributed by atoms with E-state index >= 15 is 0 Å². The van der Waals surface area contributed by atoms with Gasteiger partial charge in [-0.25, -0.2) is 0 Å². The number of rotatable bonds is 1. The van der Waals surface area contributed by atoms with Crippen molar-refractivity contribution < 1.29 is 0 Å². The molecular formula is C9H5Cl2NS. The zero-order valence-electron chi connectivity index (χ0n) is 6.50.